The summed E-state index contributed by atoms with van der Waals surface area (Å²) in [6.07, 6.45) is 4.02. The van der Waals surface area contributed by atoms with Crippen molar-refractivity contribution in [2.24, 2.45) is 0 Å². The van der Waals surface area contributed by atoms with Gasteiger partial charge in [0.05, 0.1) is 12.7 Å². The molecule has 1 aromatic heterocycles. The Hall–Kier alpha value is -1.61. The topological polar surface area (TPSA) is 21.1 Å². The van der Waals surface area contributed by atoms with Gasteiger partial charge in [-0.15, -0.1) is 0 Å². The number of hydrogen-bond donors (Lipinski definition) is 0. The second-order valence-corrected chi connectivity index (χ2v) is 4.16. The molecule has 0 saturated heterocycles. The lowest BCUT2D eigenvalue weighted by Gasteiger charge is -2.08. The molecule has 0 unspecified atom stereocenters. The summed E-state index contributed by atoms with van der Waals surface area (Å²) in [7, 11) is 4.14. The Bertz CT molecular complexity index is 431. The van der Waals surface area contributed by atoms with E-state index in [0.29, 0.717) is 0 Å². The van der Waals surface area contributed by atoms with Gasteiger partial charge >= 0.3 is 0 Å². The molecule has 0 saturated carbocycles. The Morgan fingerprint density at radius 2 is 1.88 bits per heavy atom. The average Bonchev–Trinajstić information content (AvgIpc) is 2.76. The number of hydrogen-bond acceptors (Lipinski definition) is 2. The van der Waals surface area contributed by atoms with Crippen LogP contribution in [-0.4, -0.2) is 35.3 Å². The Balaban J connectivity index is 2.08. The summed E-state index contributed by atoms with van der Waals surface area (Å²) >= 11 is 0. The summed E-state index contributed by atoms with van der Waals surface area (Å²) in [5.41, 5.74) is 2.40. The van der Waals surface area contributed by atoms with Crippen molar-refractivity contribution in [2.75, 3.05) is 20.6 Å². The highest BCUT2D eigenvalue weighted by Crippen LogP contribution is 2.17. The van der Waals surface area contributed by atoms with Crippen LogP contribution in [-0.2, 0) is 6.54 Å². The van der Waals surface area contributed by atoms with Gasteiger partial charge in [0.2, 0.25) is 0 Å². The summed E-state index contributed by atoms with van der Waals surface area (Å²) in [6, 6.07) is 10.3. The highest BCUT2D eigenvalue weighted by Gasteiger charge is 2.00. The first-order chi connectivity index (χ1) is 7.75. The fourth-order valence-electron chi connectivity index (χ4n) is 1.57. The summed E-state index contributed by atoms with van der Waals surface area (Å²) in [6.45, 7) is 1.94. The molecule has 1 aromatic carbocycles. The van der Waals surface area contributed by atoms with Gasteiger partial charge in [0, 0.05) is 18.3 Å². The van der Waals surface area contributed by atoms with E-state index in [2.05, 4.69) is 42.4 Å². The highest BCUT2D eigenvalue weighted by atomic mass is 15.3. The molecule has 84 valence electrons. The average molecular weight is 215 g/mol. The van der Waals surface area contributed by atoms with Crippen molar-refractivity contribution >= 4 is 0 Å². The number of aromatic nitrogens is 2. The number of likely N-dealkylation sites (N-methyl/N-ethyl adjacent to an activating group) is 1. The summed E-state index contributed by atoms with van der Waals surface area (Å²) < 4.78 is 1.99. The van der Waals surface area contributed by atoms with E-state index in [1.807, 2.05) is 29.1 Å². The van der Waals surface area contributed by atoms with Crippen LogP contribution in [0.15, 0.2) is 42.7 Å². The second kappa shape index (κ2) is 4.94. The molecule has 0 aliphatic carbocycles. The third kappa shape index (κ3) is 2.70. The first kappa shape index (κ1) is 10.9. The van der Waals surface area contributed by atoms with Crippen molar-refractivity contribution in [3.05, 3.63) is 42.7 Å². The molecule has 1 heterocycles. The van der Waals surface area contributed by atoms with Crippen molar-refractivity contribution in [3.8, 4) is 11.1 Å². The molecule has 0 radical (unpaired) electrons. The maximum atomic E-state index is 4.35. The molecule has 0 fully saturated rings. The first-order valence-corrected chi connectivity index (χ1v) is 5.48. The third-order valence-corrected chi connectivity index (χ3v) is 2.52. The van der Waals surface area contributed by atoms with Crippen molar-refractivity contribution in [3.63, 3.8) is 0 Å². The van der Waals surface area contributed by atoms with Gasteiger partial charge in [-0.05, 0) is 19.7 Å². The van der Waals surface area contributed by atoms with E-state index >= 15 is 0 Å². The minimum absolute atomic E-state index is 0.930. The number of benzene rings is 1. The lowest BCUT2D eigenvalue weighted by molar-refractivity contribution is 0.373. The fourth-order valence-corrected chi connectivity index (χ4v) is 1.57. The number of rotatable bonds is 4. The molecule has 0 amide bonds. The normalized spacial score (nSPS) is 10.9. The van der Waals surface area contributed by atoms with E-state index in [9.17, 15) is 0 Å². The van der Waals surface area contributed by atoms with Gasteiger partial charge in [-0.3, -0.25) is 4.68 Å². The van der Waals surface area contributed by atoms with Crippen molar-refractivity contribution in [1.29, 1.82) is 0 Å². The zero-order valence-corrected chi connectivity index (χ0v) is 9.80. The first-order valence-electron chi connectivity index (χ1n) is 5.48. The second-order valence-electron chi connectivity index (χ2n) is 4.16. The predicted octanol–water partition coefficient (Wildman–Crippen LogP) is 2.11. The molecule has 0 aliphatic heterocycles. The maximum absolute atomic E-state index is 4.35. The molecule has 16 heavy (non-hydrogen) atoms. The highest BCUT2D eigenvalue weighted by molar-refractivity contribution is 5.61. The molecule has 0 atom stereocenters. The lowest BCUT2D eigenvalue weighted by Crippen LogP contribution is -2.18. The van der Waals surface area contributed by atoms with Crippen LogP contribution in [0.3, 0.4) is 0 Å². The van der Waals surface area contributed by atoms with E-state index in [1.54, 1.807) is 0 Å². The minimum atomic E-state index is 0.930. The van der Waals surface area contributed by atoms with E-state index in [0.717, 1.165) is 13.1 Å². The Morgan fingerprint density at radius 3 is 2.56 bits per heavy atom. The lowest BCUT2D eigenvalue weighted by atomic mass is 10.1. The minimum Gasteiger partial charge on any atom is -0.308 e. The van der Waals surface area contributed by atoms with Crippen LogP contribution in [0.1, 0.15) is 0 Å². The van der Waals surface area contributed by atoms with Gasteiger partial charge in [-0.2, -0.15) is 5.10 Å². The monoisotopic (exact) mass is 215 g/mol. The van der Waals surface area contributed by atoms with E-state index in [4.69, 9.17) is 0 Å². The van der Waals surface area contributed by atoms with Gasteiger partial charge in [0.1, 0.15) is 0 Å². The smallest absolute Gasteiger partial charge is 0.0568 e. The zero-order chi connectivity index (χ0) is 11.4. The van der Waals surface area contributed by atoms with E-state index in [1.165, 1.54) is 11.1 Å². The molecule has 3 nitrogen and oxygen atoms in total. The van der Waals surface area contributed by atoms with Crippen LogP contribution in [0, 0.1) is 0 Å². The fraction of sp³-hybridized carbons (Fsp3) is 0.308. The summed E-state index contributed by atoms with van der Waals surface area (Å²) in [4.78, 5) is 2.16. The van der Waals surface area contributed by atoms with Gasteiger partial charge in [0.25, 0.3) is 0 Å². The zero-order valence-electron chi connectivity index (χ0n) is 9.80. The molecule has 0 spiro atoms. The predicted molar refractivity (Wildman–Crippen MR) is 66.2 cm³/mol. The van der Waals surface area contributed by atoms with E-state index < -0.39 is 0 Å². The Kier molecular flexibility index (Phi) is 3.37. The Labute approximate surface area is 96.3 Å². The number of nitrogens with zero attached hydrogens (tertiary/aromatic N) is 3. The van der Waals surface area contributed by atoms with Crippen LogP contribution >= 0.6 is 0 Å². The van der Waals surface area contributed by atoms with Crippen LogP contribution in [0.2, 0.25) is 0 Å². The van der Waals surface area contributed by atoms with Crippen molar-refractivity contribution in [2.45, 2.75) is 6.54 Å². The SMILES string of the molecule is CN(C)CCn1cc(-c2ccccc2)cn1. The van der Waals surface area contributed by atoms with Crippen LogP contribution in [0.5, 0.6) is 0 Å². The molecule has 0 bridgehead atoms. The summed E-state index contributed by atoms with van der Waals surface area (Å²) in [5.74, 6) is 0. The van der Waals surface area contributed by atoms with Crippen LogP contribution < -0.4 is 0 Å². The summed E-state index contributed by atoms with van der Waals surface area (Å²) in [5, 5.41) is 4.35. The van der Waals surface area contributed by atoms with Gasteiger partial charge in [-0.25, -0.2) is 0 Å². The Morgan fingerprint density at radius 1 is 1.12 bits per heavy atom. The molecule has 0 aliphatic rings. The molecule has 0 N–H and O–H groups in total. The standard InChI is InChI=1S/C13H17N3/c1-15(2)8-9-16-11-13(10-14-16)12-6-4-3-5-7-12/h3-7,10-11H,8-9H2,1-2H3. The maximum Gasteiger partial charge on any atom is 0.0568 e. The third-order valence-electron chi connectivity index (χ3n) is 2.52. The molecule has 3 heteroatoms. The largest absolute Gasteiger partial charge is 0.308 e. The van der Waals surface area contributed by atoms with Crippen LogP contribution in [0.4, 0.5) is 0 Å². The van der Waals surface area contributed by atoms with Gasteiger partial charge < -0.3 is 4.90 Å². The molecule has 2 rings (SSSR count). The molecular formula is C13H17N3. The van der Waals surface area contributed by atoms with Gasteiger partial charge in [0.15, 0.2) is 0 Å². The quantitative estimate of drug-likeness (QED) is 0.779. The molecular weight excluding hydrogens is 198 g/mol. The molecule has 2 aromatic rings. The van der Waals surface area contributed by atoms with Crippen molar-refractivity contribution < 1.29 is 0 Å². The van der Waals surface area contributed by atoms with Crippen molar-refractivity contribution in [1.82, 2.24) is 14.7 Å². The van der Waals surface area contributed by atoms with E-state index in [-0.39, 0.29) is 0 Å². The van der Waals surface area contributed by atoms with Crippen LogP contribution in [0.25, 0.3) is 11.1 Å². The van der Waals surface area contributed by atoms with Gasteiger partial charge in [-0.1, -0.05) is 30.3 Å².